The van der Waals surface area contributed by atoms with E-state index in [0.717, 1.165) is 62.0 Å². The van der Waals surface area contributed by atoms with Gasteiger partial charge in [0, 0.05) is 31.5 Å². The molecule has 1 amide bonds. The third-order valence-corrected chi connectivity index (χ3v) is 5.51. The molecule has 0 unspecified atom stereocenters. The average Bonchev–Trinajstić information content (AvgIpc) is 2.64. The molecule has 144 valence electrons. The Morgan fingerprint density at radius 1 is 1.15 bits per heavy atom. The van der Waals surface area contributed by atoms with Crippen LogP contribution < -0.4 is 5.32 Å². The third-order valence-electron chi connectivity index (χ3n) is 5.51. The first-order valence-corrected chi connectivity index (χ1v) is 10.1. The molecule has 1 heterocycles. The minimum Gasteiger partial charge on any atom is -0.343 e. The van der Waals surface area contributed by atoms with Gasteiger partial charge in [0.25, 0.3) is 0 Å². The highest BCUT2D eigenvalue weighted by Crippen LogP contribution is 2.18. The molecule has 1 saturated heterocycles. The Morgan fingerprint density at radius 2 is 1.88 bits per heavy atom. The smallest absolute Gasteiger partial charge is 0.222 e. The Morgan fingerprint density at radius 3 is 2.58 bits per heavy atom. The van der Waals surface area contributed by atoms with E-state index in [2.05, 4.69) is 12.2 Å². The van der Waals surface area contributed by atoms with E-state index in [1.807, 2.05) is 36.9 Å². The zero-order valence-electron chi connectivity index (χ0n) is 16.6. The predicted octanol–water partition coefficient (Wildman–Crippen LogP) is 3.89. The number of Topliss-reactive ketones (excluding diaryl/α,β-unsaturated/α-hetero) is 1. The van der Waals surface area contributed by atoms with Gasteiger partial charge in [0.2, 0.25) is 5.91 Å². The SMILES string of the molecule is CCCN(CCCC(=O)c1cccc(C)c1C)C(=O)CC1CCNCC1. The van der Waals surface area contributed by atoms with Crippen LogP contribution in [0, 0.1) is 19.8 Å². The summed E-state index contributed by atoms with van der Waals surface area (Å²) in [5, 5.41) is 3.35. The van der Waals surface area contributed by atoms with Crippen LogP contribution in [-0.4, -0.2) is 42.8 Å². The number of hydrogen-bond acceptors (Lipinski definition) is 3. The Hall–Kier alpha value is -1.68. The first-order valence-electron chi connectivity index (χ1n) is 10.1. The van der Waals surface area contributed by atoms with Gasteiger partial charge in [-0.15, -0.1) is 0 Å². The normalized spacial score (nSPS) is 15.0. The van der Waals surface area contributed by atoms with Gasteiger partial charge in [-0.25, -0.2) is 0 Å². The van der Waals surface area contributed by atoms with Crippen LogP contribution in [0.15, 0.2) is 18.2 Å². The lowest BCUT2D eigenvalue weighted by Gasteiger charge is -2.27. The molecule has 2 rings (SSSR count). The fraction of sp³-hybridized carbons (Fsp3) is 0.636. The second-order valence-electron chi connectivity index (χ2n) is 7.55. The van der Waals surface area contributed by atoms with E-state index < -0.39 is 0 Å². The number of hydrogen-bond donors (Lipinski definition) is 1. The van der Waals surface area contributed by atoms with Gasteiger partial charge in [0.1, 0.15) is 0 Å². The van der Waals surface area contributed by atoms with Crippen LogP contribution in [0.2, 0.25) is 0 Å². The molecule has 0 aliphatic carbocycles. The van der Waals surface area contributed by atoms with Gasteiger partial charge < -0.3 is 10.2 Å². The van der Waals surface area contributed by atoms with Crippen LogP contribution in [-0.2, 0) is 4.79 Å². The van der Waals surface area contributed by atoms with E-state index >= 15 is 0 Å². The number of piperidine rings is 1. The molecule has 1 N–H and O–H groups in total. The molecular weight excluding hydrogens is 324 g/mol. The van der Waals surface area contributed by atoms with Gasteiger partial charge in [-0.2, -0.15) is 0 Å². The fourth-order valence-electron chi connectivity index (χ4n) is 3.71. The second-order valence-corrected chi connectivity index (χ2v) is 7.55. The van der Waals surface area contributed by atoms with Crippen molar-refractivity contribution in [2.24, 2.45) is 5.92 Å². The maximum atomic E-state index is 12.7. The zero-order valence-corrected chi connectivity index (χ0v) is 16.6. The van der Waals surface area contributed by atoms with E-state index in [0.29, 0.717) is 25.3 Å². The summed E-state index contributed by atoms with van der Waals surface area (Å²) in [5.41, 5.74) is 3.05. The molecular formula is C22H34N2O2. The molecule has 1 aromatic rings. The minimum atomic E-state index is 0.188. The first kappa shape index (κ1) is 20.6. The molecule has 0 bridgehead atoms. The maximum absolute atomic E-state index is 12.7. The van der Waals surface area contributed by atoms with Gasteiger partial charge in [-0.3, -0.25) is 9.59 Å². The molecule has 4 heteroatoms. The number of carbonyl (C=O) groups excluding carboxylic acids is 2. The summed E-state index contributed by atoms with van der Waals surface area (Å²) in [5.74, 6) is 0.964. The van der Waals surface area contributed by atoms with Crippen LogP contribution in [0.5, 0.6) is 0 Å². The Bertz CT molecular complexity index is 606. The quantitative estimate of drug-likeness (QED) is 0.681. The molecule has 0 spiro atoms. The highest BCUT2D eigenvalue weighted by atomic mass is 16.2. The topological polar surface area (TPSA) is 49.4 Å². The number of amides is 1. The van der Waals surface area contributed by atoms with Crippen LogP contribution in [0.4, 0.5) is 0 Å². The summed E-state index contributed by atoms with van der Waals surface area (Å²) in [6.45, 7) is 9.68. The van der Waals surface area contributed by atoms with Crippen LogP contribution >= 0.6 is 0 Å². The van der Waals surface area contributed by atoms with Crippen LogP contribution in [0.3, 0.4) is 0 Å². The summed E-state index contributed by atoms with van der Waals surface area (Å²) in [6, 6.07) is 5.90. The average molecular weight is 359 g/mol. The zero-order chi connectivity index (χ0) is 18.9. The van der Waals surface area contributed by atoms with Crippen molar-refractivity contribution < 1.29 is 9.59 Å². The summed E-state index contributed by atoms with van der Waals surface area (Å²) in [4.78, 5) is 27.2. The van der Waals surface area contributed by atoms with Gasteiger partial charge in [-0.05, 0) is 69.7 Å². The Kier molecular flexibility index (Phi) is 8.30. The Labute approximate surface area is 158 Å². The number of nitrogens with zero attached hydrogens (tertiary/aromatic N) is 1. The lowest BCUT2D eigenvalue weighted by atomic mass is 9.94. The Balaban J connectivity index is 1.84. The van der Waals surface area contributed by atoms with Gasteiger partial charge in [0.05, 0.1) is 0 Å². The minimum absolute atomic E-state index is 0.188. The molecule has 1 aromatic carbocycles. The standard InChI is InChI=1S/C22H34N2O2/c1-4-14-24(22(26)16-19-10-12-23-13-11-19)15-6-9-21(25)20-8-5-7-17(2)18(20)3/h5,7-8,19,23H,4,6,9-16H2,1-3H3. The summed E-state index contributed by atoms with van der Waals surface area (Å²) >= 11 is 0. The van der Waals surface area contributed by atoms with Gasteiger partial charge in [-0.1, -0.05) is 25.1 Å². The van der Waals surface area contributed by atoms with Crippen molar-refractivity contribution in [3.8, 4) is 0 Å². The summed E-state index contributed by atoms with van der Waals surface area (Å²) in [7, 11) is 0. The summed E-state index contributed by atoms with van der Waals surface area (Å²) in [6.07, 6.45) is 5.05. The highest BCUT2D eigenvalue weighted by Gasteiger charge is 2.21. The van der Waals surface area contributed by atoms with E-state index in [9.17, 15) is 9.59 Å². The molecule has 26 heavy (non-hydrogen) atoms. The lowest BCUT2D eigenvalue weighted by molar-refractivity contribution is -0.132. The van der Waals surface area contributed by atoms with E-state index in [4.69, 9.17) is 0 Å². The number of nitrogens with one attached hydrogen (secondary N) is 1. The molecule has 0 saturated carbocycles. The summed E-state index contributed by atoms with van der Waals surface area (Å²) < 4.78 is 0. The highest BCUT2D eigenvalue weighted by molar-refractivity contribution is 5.97. The van der Waals surface area contributed by atoms with Crippen LogP contribution in [0.25, 0.3) is 0 Å². The molecule has 1 fully saturated rings. The molecule has 1 aliphatic heterocycles. The molecule has 4 nitrogen and oxygen atoms in total. The third kappa shape index (κ3) is 5.94. The molecule has 0 atom stereocenters. The van der Waals surface area contributed by atoms with E-state index in [1.54, 1.807) is 0 Å². The van der Waals surface area contributed by atoms with Gasteiger partial charge in [0.15, 0.2) is 5.78 Å². The van der Waals surface area contributed by atoms with Crippen molar-refractivity contribution >= 4 is 11.7 Å². The molecule has 1 aliphatic rings. The largest absolute Gasteiger partial charge is 0.343 e. The lowest BCUT2D eigenvalue weighted by Crippen LogP contribution is -2.36. The molecule has 0 aromatic heterocycles. The van der Waals surface area contributed by atoms with Gasteiger partial charge >= 0.3 is 0 Å². The van der Waals surface area contributed by atoms with Crippen LogP contribution in [0.1, 0.15) is 66.9 Å². The van der Waals surface area contributed by atoms with Crippen molar-refractivity contribution in [2.75, 3.05) is 26.2 Å². The van der Waals surface area contributed by atoms with Crippen molar-refractivity contribution in [1.29, 1.82) is 0 Å². The first-order chi connectivity index (χ1) is 12.5. The van der Waals surface area contributed by atoms with Crippen molar-refractivity contribution in [3.63, 3.8) is 0 Å². The van der Waals surface area contributed by atoms with E-state index in [-0.39, 0.29) is 11.7 Å². The predicted molar refractivity (Wildman–Crippen MR) is 107 cm³/mol. The number of carbonyl (C=O) groups is 2. The van der Waals surface area contributed by atoms with Crippen molar-refractivity contribution in [3.05, 3.63) is 34.9 Å². The maximum Gasteiger partial charge on any atom is 0.222 e. The number of rotatable bonds is 9. The number of benzene rings is 1. The number of aryl methyl sites for hydroxylation is 1. The second kappa shape index (κ2) is 10.5. The monoisotopic (exact) mass is 358 g/mol. The fourth-order valence-corrected chi connectivity index (χ4v) is 3.71. The molecule has 0 radical (unpaired) electrons. The number of ketones is 1. The van der Waals surface area contributed by atoms with Crippen molar-refractivity contribution in [2.45, 2.75) is 59.3 Å². The van der Waals surface area contributed by atoms with Crippen molar-refractivity contribution in [1.82, 2.24) is 10.2 Å². The van der Waals surface area contributed by atoms with E-state index in [1.165, 1.54) is 0 Å².